The fourth-order valence-corrected chi connectivity index (χ4v) is 7.50. The molecule has 3 atom stereocenters. The molecule has 15 heteroatoms. The van der Waals surface area contributed by atoms with E-state index < -0.39 is 60.5 Å². The number of carbonyl (C=O) groups is 6. The number of fused-ring (bicyclic) bond motifs is 3. The second kappa shape index (κ2) is 18.6. The summed E-state index contributed by atoms with van der Waals surface area (Å²) in [6.45, 7) is 3.65. The topological polar surface area (TPSA) is 187 Å². The molecule has 0 radical (unpaired) electrons. The second-order valence-corrected chi connectivity index (χ2v) is 14.2. The van der Waals surface area contributed by atoms with Crippen molar-refractivity contribution < 1.29 is 43.3 Å². The number of carboxylic acid groups (broad SMARTS) is 1. The van der Waals surface area contributed by atoms with Crippen molar-refractivity contribution in [2.75, 3.05) is 52.4 Å². The van der Waals surface area contributed by atoms with E-state index in [2.05, 4.69) is 20.9 Å². The maximum atomic E-state index is 14.0. The Morgan fingerprint density at radius 1 is 0.804 bits per heavy atom. The molecular weight excluding hydrogens is 720 g/mol. The van der Waals surface area contributed by atoms with Gasteiger partial charge in [-0.2, -0.15) is 0 Å². The summed E-state index contributed by atoms with van der Waals surface area (Å²) in [6, 6.07) is 22.3. The molecule has 2 saturated heterocycles. The predicted molar refractivity (Wildman–Crippen MR) is 204 cm³/mol. The van der Waals surface area contributed by atoms with E-state index >= 15 is 0 Å². The van der Waals surface area contributed by atoms with Crippen LogP contribution in [-0.2, 0) is 35.3 Å². The van der Waals surface area contributed by atoms with Gasteiger partial charge in [-0.05, 0) is 54.0 Å². The Morgan fingerprint density at radius 3 is 2.11 bits per heavy atom. The number of carboxylic acids is 1. The SMILES string of the molecule is C[C@H](NC(=O)OCC1c2ccccc2-c2ccccc21)C(=O)N[C@@H](CCN1CCN(C(=O)OCc2ccccc2)CC1)C(=O)N1CCC[C@H]1C(=O)NCC(=O)O. The lowest BCUT2D eigenvalue weighted by Gasteiger charge is -2.35. The number of rotatable bonds is 14. The van der Waals surface area contributed by atoms with Gasteiger partial charge in [0.2, 0.25) is 17.7 Å². The molecule has 15 nitrogen and oxygen atoms in total. The molecule has 2 fully saturated rings. The molecule has 3 aromatic carbocycles. The molecular formula is C41H48N6O9. The van der Waals surface area contributed by atoms with Crippen LogP contribution in [0.2, 0.25) is 0 Å². The van der Waals surface area contributed by atoms with Crippen LogP contribution in [-0.4, -0.2) is 126 Å². The first-order valence-corrected chi connectivity index (χ1v) is 19.0. The zero-order valence-electron chi connectivity index (χ0n) is 31.4. The molecule has 3 aromatic rings. The molecule has 0 saturated carbocycles. The third-order valence-electron chi connectivity index (χ3n) is 10.5. The number of benzene rings is 3. The van der Waals surface area contributed by atoms with Gasteiger partial charge in [-0.15, -0.1) is 0 Å². The highest BCUT2D eigenvalue weighted by Crippen LogP contribution is 2.44. The summed E-state index contributed by atoms with van der Waals surface area (Å²) >= 11 is 0. The lowest BCUT2D eigenvalue weighted by Crippen LogP contribution is -2.57. The molecule has 6 rings (SSSR count). The summed E-state index contributed by atoms with van der Waals surface area (Å²) in [5.41, 5.74) is 5.16. The molecule has 0 unspecified atom stereocenters. The summed E-state index contributed by atoms with van der Waals surface area (Å²) in [5, 5.41) is 16.8. The van der Waals surface area contributed by atoms with Gasteiger partial charge in [-0.1, -0.05) is 78.9 Å². The van der Waals surface area contributed by atoms with Gasteiger partial charge in [-0.3, -0.25) is 24.1 Å². The fourth-order valence-electron chi connectivity index (χ4n) is 7.50. The van der Waals surface area contributed by atoms with Gasteiger partial charge in [0.1, 0.15) is 37.9 Å². The molecule has 296 valence electrons. The van der Waals surface area contributed by atoms with Crippen molar-refractivity contribution >= 4 is 35.9 Å². The highest BCUT2D eigenvalue weighted by molar-refractivity contribution is 5.94. The summed E-state index contributed by atoms with van der Waals surface area (Å²) in [7, 11) is 0. The lowest BCUT2D eigenvalue weighted by molar-refractivity contribution is -0.143. The third-order valence-corrected chi connectivity index (χ3v) is 10.5. The molecule has 1 aliphatic carbocycles. The number of carbonyl (C=O) groups excluding carboxylic acids is 5. The van der Waals surface area contributed by atoms with Crippen molar-refractivity contribution in [2.24, 2.45) is 0 Å². The van der Waals surface area contributed by atoms with E-state index in [1.807, 2.05) is 78.9 Å². The number of likely N-dealkylation sites (tertiary alicyclic amines) is 1. The van der Waals surface area contributed by atoms with Gasteiger partial charge in [0, 0.05) is 45.2 Å². The minimum atomic E-state index is -1.21. The van der Waals surface area contributed by atoms with Crippen LogP contribution in [0.25, 0.3) is 11.1 Å². The smallest absolute Gasteiger partial charge is 0.410 e. The number of amides is 5. The van der Waals surface area contributed by atoms with Crippen LogP contribution in [0.4, 0.5) is 9.59 Å². The van der Waals surface area contributed by atoms with Gasteiger partial charge in [0.25, 0.3) is 0 Å². The molecule has 0 bridgehead atoms. The Hall–Kier alpha value is -5.96. The number of hydrogen-bond donors (Lipinski definition) is 4. The minimum Gasteiger partial charge on any atom is -0.480 e. The van der Waals surface area contributed by atoms with Crippen LogP contribution < -0.4 is 16.0 Å². The van der Waals surface area contributed by atoms with Crippen molar-refractivity contribution in [1.29, 1.82) is 0 Å². The highest BCUT2D eigenvalue weighted by atomic mass is 16.6. The largest absolute Gasteiger partial charge is 0.480 e. The normalized spacial score (nSPS) is 17.6. The van der Waals surface area contributed by atoms with Crippen molar-refractivity contribution in [3.8, 4) is 11.1 Å². The molecule has 4 N–H and O–H groups in total. The van der Waals surface area contributed by atoms with Gasteiger partial charge in [0.05, 0.1) is 0 Å². The van der Waals surface area contributed by atoms with Crippen molar-refractivity contribution in [3.05, 3.63) is 95.6 Å². The van der Waals surface area contributed by atoms with E-state index in [1.165, 1.54) is 11.8 Å². The van der Waals surface area contributed by atoms with E-state index in [0.29, 0.717) is 45.6 Å². The van der Waals surface area contributed by atoms with Crippen molar-refractivity contribution in [2.45, 2.75) is 56.8 Å². The minimum absolute atomic E-state index is 0.0631. The number of ether oxygens (including phenoxy) is 2. The Kier molecular flexibility index (Phi) is 13.2. The van der Waals surface area contributed by atoms with Crippen LogP contribution >= 0.6 is 0 Å². The highest BCUT2D eigenvalue weighted by Gasteiger charge is 2.38. The van der Waals surface area contributed by atoms with Gasteiger partial charge >= 0.3 is 18.2 Å². The predicted octanol–water partition coefficient (Wildman–Crippen LogP) is 2.93. The van der Waals surface area contributed by atoms with Crippen LogP contribution in [0.5, 0.6) is 0 Å². The lowest BCUT2D eigenvalue weighted by atomic mass is 9.98. The third kappa shape index (κ3) is 9.82. The molecule has 0 aromatic heterocycles. The summed E-state index contributed by atoms with van der Waals surface area (Å²) in [5.74, 6) is -3.05. The van der Waals surface area contributed by atoms with E-state index in [-0.39, 0.29) is 32.1 Å². The molecule has 0 spiro atoms. The summed E-state index contributed by atoms with van der Waals surface area (Å²) in [6.07, 6.45) is -0.138. The number of aliphatic carboxylic acids is 1. The van der Waals surface area contributed by atoms with E-state index in [1.54, 1.807) is 4.90 Å². The zero-order chi connectivity index (χ0) is 39.6. The van der Waals surface area contributed by atoms with Crippen LogP contribution in [0.15, 0.2) is 78.9 Å². The van der Waals surface area contributed by atoms with Crippen molar-refractivity contribution in [3.63, 3.8) is 0 Å². The van der Waals surface area contributed by atoms with Gasteiger partial charge < -0.3 is 40.3 Å². The van der Waals surface area contributed by atoms with Crippen LogP contribution in [0.3, 0.4) is 0 Å². The monoisotopic (exact) mass is 768 g/mol. The molecule has 2 aliphatic heterocycles. The fraction of sp³-hybridized carbons (Fsp3) is 0.415. The Balaban J connectivity index is 1.05. The average molecular weight is 769 g/mol. The van der Waals surface area contributed by atoms with Crippen LogP contribution in [0, 0.1) is 0 Å². The van der Waals surface area contributed by atoms with Crippen LogP contribution in [0.1, 0.15) is 48.8 Å². The number of piperazine rings is 1. The van der Waals surface area contributed by atoms with E-state index in [0.717, 1.165) is 27.8 Å². The second-order valence-electron chi connectivity index (χ2n) is 14.2. The quantitative estimate of drug-likeness (QED) is 0.190. The Morgan fingerprint density at radius 2 is 1.45 bits per heavy atom. The molecule has 5 amide bonds. The van der Waals surface area contributed by atoms with E-state index in [9.17, 15) is 28.8 Å². The zero-order valence-corrected chi connectivity index (χ0v) is 31.4. The number of nitrogens with zero attached hydrogens (tertiary/aromatic N) is 3. The summed E-state index contributed by atoms with van der Waals surface area (Å²) < 4.78 is 11.1. The first-order chi connectivity index (χ1) is 27.1. The van der Waals surface area contributed by atoms with Crippen molar-refractivity contribution in [1.82, 2.24) is 30.7 Å². The molecule has 2 heterocycles. The maximum Gasteiger partial charge on any atom is 0.410 e. The Labute approximate surface area is 325 Å². The van der Waals surface area contributed by atoms with Gasteiger partial charge in [-0.25, -0.2) is 9.59 Å². The van der Waals surface area contributed by atoms with Gasteiger partial charge in [0.15, 0.2) is 0 Å². The first-order valence-electron chi connectivity index (χ1n) is 19.0. The number of nitrogens with one attached hydrogen (secondary N) is 3. The Bertz CT molecular complexity index is 1860. The average Bonchev–Trinajstić information content (AvgIpc) is 3.83. The maximum absolute atomic E-state index is 14.0. The molecule has 56 heavy (non-hydrogen) atoms. The number of alkyl carbamates (subject to hydrolysis) is 1. The summed E-state index contributed by atoms with van der Waals surface area (Å²) in [4.78, 5) is 82.3. The molecule has 3 aliphatic rings. The van der Waals surface area contributed by atoms with E-state index in [4.69, 9.17) is 14.6 Å². The first kappa shape index (κ1) is 39.7. The number of hydrogen-bond acceptors (Lipinski definition) is 9. The standard InChI is InChI=1S/C41H48N6O9/c1-27(43-40(53)55-26-33-31-14-7-5-12-29(31)30-13-6-8-15-32(30)33)37(50)44-34(39(52)47-18-9-16-35(47)38(51)42-24-36(48)49)17-19-45-20-22-46(23-21-45)41(54)56-25-28-10-3-2-4-11-28/h2-8,10-15,27,33-35H,9,16-26H2,1H3,(H,42,51)(H,43,53)(H,44,50)(H,48,49)/t27-,34-,35-/m0/s1.